The van der Waals surface area contributed by atoms with Crippen LogP contribution in [0.2, 0.25) is 0 Å². The number of carbonyl (C=O) groups excluding carboxylic acids is 1. The van der Waals surface area contributed by atoms with E-state index in [1.165, 1.54) is 25.7 Å². The Morgan fingerprint density at radius 3 is 2.21 bits per heavy atom. The summed E-state index contributed by atoms with van der Waals surface area (Å²) in [6, 6.07) is 8.71. The van der Waals surface area contributed by atoms with Gasteiger partial charge in [0, 0.05) is 30.9 Å². The minimum absolute atomic E-state index is 0. The fourth-order valence-electron chi connectivity index (χ4n) is 3.78. The zero-order valence-corrected chi connectivity index (χ0v) is 15.7. The van der Waals surface area contributed by atoms with Crippen LogP contribution in [0.3, 0.4) is 0 Å². The first-order chi connectivity index (χ1) is 10.7. The third-order valence-electron chi connectivity index (χ3n) is 5.08. The number of likely N-dealkylation sites (tertiary alicyclic amines) is 1. The van der Waals surface area contributed by atoms with Crippen molar-refractivity contribution in [3.8, 4) is 0 Å². The number of nitrogens with zero attached hydrogens (tertiary/aromatic N) is 1. The molecule has 1 aliphatic heterocycles. The lowest BCUT2D eigenvalue weighted by atomic mass is 10.0. The Kier molecular flexibility index (Phi) is 8.88. The van der Waals surface area contributed by atoms with Crippen molar-refractivity contribution in [1.29, 1.82) is 0 Å². The van der Waals surface area contributed by atoms with Gasteiger partial charge in [-0.05, 0) is 43.4 Å². The summed E-state index contributed by atoms with van der Waals surface area (Å²) in [4.78, 5) is 14.8. The van der Waals surface area contributed by atoms with Crippen LogP contribution in [0.5, 0.6) is 0 Å². The van der Waals surface area contributed by atoms with Crippen molar-refractivity contribution in [3.05, 3.63) is 29.8 Å². The fourth-order valence-corrected chi connectivity index (χ4v) is 3.78. The molecule has 136 valence electrons. The number of halogens is 2. The quantitative estimate of drug-likeness (QED) is 0.796. The maximum absolute atomic E-state index is 12.1. The Balaban J connectivity index is 0.00000144. The molecule has 0 bridgehead atoms. The zero-order chi connectivity index (χ0) is 15.4. The SMILES string of the molecule is Cl.Cl.Nc1ccc(CC(=O)NC2CCN(C3CCCC3)CC2)cc1. The predicted molar refractivity (Wildman–Crippen MR) is 104 cm³/mol. The fraction of sp³-hybridized carbons (Fsp3) is 0.611. The predicted octanol–water partition coefficient (Wildman–Crippen LogP) is 3.18. The number of hydrogen-bond donors (Lipinski definition) is 2. The number of nitrogens with two attached hydrogens (primary N) is 1. The molecule has 1 heterocycles. The van der Waals surface area contributed by atoms with Gasteiger partial charge in [0.2, 0.25) is 5.91 Å². The Hall–Kier alpha value is -0.970. The topological polar surface area (TPSA) is 58.4 Å². The second-order valence-electron chi connectivity index (χ2n) is 6.73. The van der Waals surface area contributed by atoms with Crippen molar-refractivity contribution in [2.24, 2.45) is 0 Å². The van der Waals surface area contributed by atoms with Gasteiger partial charge in [-0.2, -0.15) is 0 Å². The number of rotatable bonds is 4. The molecule has 0 aromatic heterocycles. The van der Waals surface area contributed by atoms with Crippen LogP contribution in [0.25, 0.3) is 0 Å². The molecule has 1 aromatic rings. The van der Waals surface area contributed by atoms with Crippen molar-refractivity contribution in [2.75, 3.05) is 18.8 Å². The van der Waals surface area contributed by atoms with Crippen LogP contribution >= 0.6 is 24.8 Å². The van der Waals surface area contributed by atoms with E-state index in [-0.39, 0.29) is 30.7 Å². The summed E-state index contributed by atoms with van der Waals surface area (Å²) in [5, 5.41) is 3.20. The number of anilines is 1. The Labute approximate surface area is 157 Å². The Bertz CT molecular complexity index is 495. The van der Waals surface area contributed by atoms with Crippen LogP contribution in [0, 0.1) is 0 Å². The van der Waals surface area contributed by atoms with Gasteiger partial charge in [0.1, 0.15) is 0 Å². The van der Waals surface area contributed by atoms with Crippen molar-refractivity contribution >= 4 is 36.4 Å². The molecule has 0 unspecified atom stereocenters. The molecule has 0 spiro atoms. The van der Waals surface area contributed by atoms with Gasteiger partial charge in [0.15, 0.2) is 0 Å². The first-order valence-electron chi connectivity index (χ1n) is 8.58. The number of hydrogen-bond acceptors (Lipinski definition) is 3. The van der Waals surface area contributed by atoms with Gasteiger partial charge in [-0.1, -0.05) is 25.0 Å². The summed E-state index contributed by atoms with van der Waals surface area (Å²) >= 11 is 0. The minimum Gasteiger partial charge on any atom is -0.399 e. The van der Waals surface area contributed by atoms with Crippen LogP contribution < -0.4 is 11.1 Å². The molecule has 1 aromatic carbocycles. The number of amides is 1. The Morgan fingerprint density at radius 2 is 1.62 bits per heavy atom. The lowest BCUT2D eigenvalue weighted by molar-refractivity contribution is -0.121. The molecule has 0 radical (unpaired) electrons. The van der Waals surface area contributed by atoms with Crippen LogP contribution in [0.1, 0.15) is 44.1 Å². The first kappa shape index (κ1) is 21.1. The molecule has 2 fully saturated rings. The van der Waals surface area contributed by atoms with Gasteiger partial charge in [0.05, 0.1) is 6.42 Å². The summed E-state index contributed by atoms with van der Waals surface area (Å²) < 4.78 is 0. The summed E-state index contributed by atoms with van der Waals surface area (Å²) in [6.07, 6.45) is 8.14. The number of benzene rings is 1. The number of nitrogen functional groups attached to an aromatic ring is 1. The normalized spacial score (nSPS) is 19.3. The number of carbonyl (C=O) groups is 1. The van der Waals surface area contributed by atoms with E-state index >= 15 is 0 Å². The smallest absolute Gasteiger partial charge is 0.224 e. The second-order valence-corrected chi connectivity index (χ2v) is 6.73. The van der Waals surface area contributed by atoms with E-state index in [9.17, 15) is 4.79 Å². The van der Waals surface area contributed by atoms with Crippen LogP contribution in [-0.4, -0.2) is 36.0 Å². The molecule has 3 rings (SSSR count). The first-order valence-corrected chi connectivity index (χ1v) is 8.58. The third kappa shape index (κ3) is 5.83. The molecule has 3 N–H and O–H groups in total. The molecule has 1 amide bonds. The lowest BCUT2D eigenvalue weighted by Gasteiger charge is -2.36. The minimum atomic E-state index is 0. The molecular weight excluding hydrogens is 345 g/mol. The van der Waals surface area contributed by atoms with Gasteiger partial charge in [-0.15, -0.1) is 24.8 Å². The highest BCUT2D eigenvalue weighted by molar-refractivity contribution is 5.85. The van der Waals surface area contributed by atoms with Gasteiger partial charge in [0.25, 0.3) is 0 Å². The zero-order valence-electron chi connectivity index (χ0n) is 14.1. The average molecular weight is 374 g/mol. The molecule has 24 heavy (non-hydrogen) atoms. The monoisotopic (exact) mass is 373 g/mol. The molecule has 1 saturated heterocycles. The molecular formula is C18H29Cl2N3O. The third-order valence-corrected chi connectivity index (χ3v) is 5.08. The van der Waals surface area contributed by atoms with Crippen molar-refractivity contribution in [3.63, 3.8) is 0 Å². The standard InChI is InChI=1S/C18H27N3O.2ClH/c19-15-7-5-14(6-8-15)13-18(22)20-16-9-11-21(12-10-16)17-3-1-2-4-17;;/h5-8,16-17H,1-4,9-13,19H2,(H,20,22);2*1H. The summed E-state index contributed by atoms with van der Waals surface area (Å²) in [7, 11) is 0. The molecule has 1 aliphatic carbocycles. The molecule has 4 nitrogen and oxygen atoms in total. The summed E-state index contributed by atoms with van der Waals surface area (Å²) in [5.41, 5.74) is 7.43. The van der Waals surface area contributed by atoms with Crippen molar-refractivity contribution in [2.45, 2.75) is 57.0 Å². The van der Waals surface area contributed by atoms with Crippen LogP contribution in [-0.2, 0) is 11.2 Å². The number of piperidine rings is 1. The Morgan fingerprint density at radius 1 is 1.04 bits per heavy atom. The molecule has 1 saturated carbocycles. The van der Waals surface area contributed by atoms with Gasteiger partial charge < -0.3 is 16.0 Å². The van der Waals surface area contributed by atoms with Gasteiger partial charge in [-0.25, -0.2) is 0 Å². The second kappa shape index (κ2) is 10.1. The van der Waals surface area contributed by atoms with E-state index in [4.69, 9.17) is 5.73 Å². The van der Waals surface area contributed by atoms with E-state index in [0.717, 1.165) is 43.2 Å². The summed E-state index contributed by atoms with van der Waals surface area (Å²) in [6.45, 7) is 2.27. The maximum Gasteiger partial charge on any atom is 0.224 e. The largest absolute Gasteiger partial charge is 0.399 e. The van der Waals surface area contributed by atoms with Crippen LogP contribution in [0.15, 0.2) is 24.3 Å². The van der Waals surface area contributed by atoms with E-state index in [0.29, 0.717) is 12.5 Å². The van der Waals surface area contributed by atoms with Crippen molar-refractivity contribution in [1.82, 2.24) is 10.2 Å². The molecule has 6 heteroatoms. The highest BCUT2D eigenvalue weighted by Crippen LogP contribution is 2.26. The number of nitrogens with one attached hydrogen (secondary N) is 1. The van der Waals surface area contributed by atoms with Crippen LogP contribution in [0.4, 0.5) is 5.69 Å². The van der Waals surface area contributed by atoms with Crippen molar-refractivity contribution < 1.29 is 4.79 Å². The lowest BCUT2D eigenvalue weighted by Crippen LogP contribution is -2.47. The van der Waals surface area contributed by atoms with E-state index < -0.39 is 0 Å². The molecule has 0 atom stereocenters. The highest BCUT2D eigenvalue weighted by Gasteiger charge is 2.27. The van der Waals surface area contributed by atoms with Gasteiger partial charge >= 0.3 is 0 Å². The van der Waals surface area contributed by atoms with E-state index in [2.05, 4.69) is 10.2 Å². The van der Waals surface area contributed by atoms with Gasteiger partial charge in [-0.3, -0.25) is 4.79 Å². The maximum atomic E-state index is 12.1. The molecule has 2 aliphatic rings. The van der Waals surface area contributed by atoms with E-state index in [1.807, 2.05) is 24.3 Å². The van der Waals surface area contributed by atoms with E-state index in [1.54, 1.807) is 0 Å². The summed E-state index contributed by atoms with van der Waals surface area (Å²) in [5.74, 6) is 0.129. The highest BCUT2D eigenvalue weighted by atomic mass is 35.5. The average Bonchev–Trinajstić information content (AvgIpc) is 3.05.